The number of aromatic nitrogens is 1. The Hall–Kier alpha value is -3.38. The summed E-state index contributed by atoms with van der Waals surface area (Å²) in [5.74, 6) is 2.72. The molecule has 0 amide bonds. The average molecular weight is 528 g/mol. The molecule has 1 heterocycles. The second kappa shape index (κ2) is 10.1. The Morgan fingerprint density at radius 2 is 1.74 bits per heavy atom. The number of rotatable bonds is 9. The molecule has 3 atom stereocenters. The second-order valence-electron chi connectivity index (χ2n) is 10.8. The molecular weight excluding hydrogens is 494 g/mol. The van der Waals surface area contributed by atoms with E-state index in [0.717, 1.165) is 40.1 Å². The molecule has 5 nitrogen and oxygen atoms in total. The van der Waals surface area contributed by atoms with Crippen LogP contribution in [0.5, 0.6) is 11.5 Å². The SMILES string of the molecule is CS(=O)(=O)CCOc1ccc(OCc2ccc3ccccc3n2)cc1C1(c2ccccc2)CC2CCC1C2. The molecule has 196 valence electrons. The van der Waals surface area contributed by atoms with Crippen LogP contribution in [0.25, 0.3) is 10.9 Å². The third-order valence-corrected chi connectivity index (χ3v) is 9.23. The number of ether oxygens (including phenoxy) is 2. The van der Waals surface area contributed by atoms with E-state index in [9.17, 15) is 8.42 Å². The molecule has 0 radical (unpaired) electrons. The normalized spacial score (nSPS) is 22.6. The van der Waals surface area contributed by atoms with Crippen molar-refractivity contribution in [1.82, 2.24) is 4.98 Å². The summed E-state index contributed by atoms with van der Waals surface area (Å²) in [6.45, 7) is 0.495. The van der Waals surface area contributed by atoms with Gasteiger partial charge in [0.25, 0.3) is 0 Å². The minimum Gasteiger partial charge on any atom is -0.492 e. The highest BCUT2D eigenvalue weighted by atomic mass is 32.2. The molecule has 2 saturated carbocycles. The lowest BCUT2D eigenvalue weighted by molar-refractivity contribution is 0.280. The van der Waals surface area contributed by atoms with Crippen molar-refractivity contribution in [2.75, 3.05) is 18.6 Å². The number of nitrogens with zero attached hydrogens (tertiary/aromatic N) is 1. The Balaban J connectivity index is 1.36. The van der Waals surface area contributed by atoms with Crippen molar-refractivity contribution in [1.29, 1.82) is 0 Å². The fraction of sp³-hybridized carbons (Fsp3) is 0.344. The molecule has 2 aliphatic rings. The minimum absolute atomic E-state index is 0.0112. The van der Waals surface area contributed by atoms with Gasteiger partial charge < -0.3 is 9.47 Å². The van der Waals surface area contributed by atoms with Gasteiger partial charge in [-0.1, -0.05) is 61.0 Å². The van der Waals surface area contributed by atoms with Crippen molar-refractivity contribution in [3.8, 4) is 11.5 Å². The highest BCUT2D eigenvalue weighted by Gasteiger charge is 2.54. The van der Waals surface area contributed by atoms with Gasteiger partial charge in [0, 0.05) is 22.6 Å². The predicted molar refractivity (Wildman–Crippen MR) is 150 cm³/mol. The minimum atomic E-state index is -3.12. The molecule has 4 aromatic rings. The average Bonchev–Trinajstić information content (AvgIpc) is 3.55. The Labute approximate surface area is 224 Å². The van der Waals surface area contributed by atoms with Crippen molar-refractivity contribution in [3.63, 3.8) is 0 Å². The number of fused-ring (bicyclic) bond motifs is 3. The van der Waals surface area contributed by atoms with Crippen LogP contribution in [-0.2, 0) is 21.9 Å². The molecule has 0 aliphatic heterocycles. The van der Waals surface area contributed by atoms with Crippen LogP contribution < -0.4 is 9.47 Å². The third kappa shape index (κ3) is 4.90. The van der Waals surface area contributed by atoms with E-state index >= 15 is 0 Å². The molecule has 38 heavy (non-hydrogen) atoms. The van der Waals surface area contributed by atoms with E-state index < -0.39 is 9.84 Å². The van der Waals surface area contributed by atoms with Crippen molar-refractivity contribution in [2.45, 2.75) is 37.7 Å². The lowest BCUT2D eigenvalue weighted by Gasteiger charge is -2.40. The Bertz CT molecular complexity index is 1550. The molecule has 2 fully saturated rings. The van der Waals surface area contributed by atoms with Gasteiger partial charge in [0.1, 0.15) is 24.7 Å². The quantitative estimate of drug-likeness (QED) is 0.254. The summed E-state index contributed by atoms with van der Waals surface area (Å²) in [6.07, 6.45) is 5.99. The summed E-state index contributed by atoms with van der Waals surface area (Å²) in [6, 6.07) is 28.9. The van der Waals surface area contributed by atoms with Gasteiger partial charge in [0.2, 0.25) is 0 Å². The van der Waals surface area contributed by atoms with Crippen LogP contribution in [-0.4, -0.2) is 32.0 Å². The van der Waals surface area contributed by atoms with E-state index in [1.54, 1.807) is 0 Å². The van der Waals surface area contributed by atoms with Crippen molar-refractivity contribution >= 4 is 20.7 Å². The van der Waals surface area contributed by atoms with Crippen LogP contribution in [0.3, 0.4) is 0 Å². The fourth-order valence-electron chi connectivity index (χ4n) is 6.63. The van der Waals surface area contributed by atoms with E-state index in [1.165, 1.54) is 31.1 Å². The van der Waals surface area contributed by atoms with Crippen LogP contribution in [0.4, 0.5) is 0 Å². The van der Waals surface area contributed by atoms with E-state index in [4.69, 9.17) is 14.5 Å². The highest BCUT2D eigenvalue weighted by molar-refractivity contribution is 7.90. The second-order valence-corrected chi connectivity index (χ2v) is 13.1. The standard InChI is InChI=1S/C32H33NO4S/c1-38(34,35)18-17-36-31-16-15-28(37-22-27-14-12-24-7-5-6-10-30(24)33-27)20-29(31)32(25-8-3-2-4-9-25)21-23-11-13-26(32)19-23/h2-10,12,14-16,20,23,26H,11,13,17-19,21-22H2,1H3. The van der Waals surface area contributed by atoms with Gasteiger partial charge in [0.15, 0.2) is 9.84 Å². The summed E-state index contributed by atoms with van der Waals surface area (Å²) in [7, 11) is -3.12. The molecule has 2 bridgehead atoms. The van der Waals surface area contributed by atoms with Crippen LogP contribution in [0.15, 0.2) is 84.9 Å². The van der Waals surface area contributed by atoms with Gasteiger partial charge in [-0.05, 0) is 67.0 Å². The predicted octanol–water partition coefficient (Wildman–Crippen LogP) is 6.34. The molecule has 3 unspecified atom stereocenters. The van der Waals surface area contributed by atoms with Crippen LogP contribution in [0.1, 0.15) is 42.5 Å². The number of para-hydroxylation sites is 1. The maximum atomic E-state index is 11.8. The Kier molecular flexibility index (Phi) is 6.60. The van der Waals surface area contributed by atoms with Crippen LogP contribution in [0.2, 0.25) is 0 Å². The molecule has 3 aromatic carbocycles. The zero-order valence-corrected chi connectivity index (χ0v) is 22.5. The Morgan fingerprint density at radius 1 is 0.921 bits per heavy atom. The molecular formula is C32H33NO4S. The number of hydrogen-bond acceptors (Lipinski definition) is 5. The zero-order chi connectivity index (χ0) is 26.2. The number of benzene rings is 3. The molecule has 6 rings (SSSR count). The first-order valence-corrected chi connectivity index (χ1v) is 15.4. The van der Waals surface area contributed by atoms with Gasteiger partial charge in [-0.3, -0.25) is 0 Å². The summed E-state index contributed by atoms with van der Waals surface area (Å²) in [5.41, 5.74) is 4.05. The number of hydrogen-bond donors (Lipinski definition) is 0. The van der Waals surface area contributed by atoms with Crippen molar-refractivity contribution < 1.29 is 17.9 Å². The largest absolute Gasteiger partial charge is 0.492 e. The third-order valence-electron chi connectivity index (χ3n) is 8.32. The molecule has 6 heteroatoms. The fourth-order valence-corrected chi connectivity index (χ4v) is 7.01. The van der Waals surface area contributed by atoms with Crippen molar-refractivity contribution in [2.24, 2.45) is 11.8 Å². The molecule has 1 aromatic heterocycles. The maximum absolute atomic E-state index is 11.8. The summed E-state index contributed by atoms with van der Waals surface area (Å²) in [5, 5.41) is 1.11. The zero-order valence-electron chi connectivity index (χ0n) is 21.7. The van der Waals surface area contributed by atoms with Gasteiger partial charge in [0.05, 0.1) is 17.0 Å². The lowest BCUT2D eigenvalue weighted by Crippen LogP contribution is -2.34. The van der Waals surface area contributed by atoms with E-state index in [2.05, 4.69) is 48.5 Å². The van der Waals surface area contributed by atoms with Crippen molar-refractivity contribution in [3.05, 3.63) is 102 Å². The molecule has 0 N–H and O–H groups in total. The van der Waals surface area contributed by atoms with E-state index in [-0.39, 0.29) is 17.8 Å². The first-order valence-electron chi connectivity index (χ1n) is 13.4. The first-order chi connectivity index (χ1) is 18.4. The summed E-state index contributed by atoms with van der Waals surface area (Å²) < 4.78 is 36.1. The molecule has 2 aliphatic carbocycles. The lowest BCUT2D eigenvalue weighted by atomic mass is 9.64. The van der Waals surface area contributed by atoms with Gasteiger partial charge in [-0.25, -0.2) is 13.4 Å². The highest BCUT2D eigenvalue weighted by Crippen LogP contribution is 2.61. The Morgan fingerprint density at radius 3 is 2.50 bits per heavy atom. The molecule has 0 saturated heterocycles. The van der Waals surface area contributed by atoms with E-state index in [0.29, 0.717) is 18.4 Å². The monoisotopic (exact) mass is 527 g/mol. The summed E-state index contributed by atoms with van der Waals surface area (Å²) >= 11 is 0. The van der Waals surface area contributed by atoms with Crippen LogP contribution in [0, 0.1) is 11.8 Å². The first kappa shape index (κ1) is 24.9. The number of sulfone groups is 1. The molecule has 0 spiro atoms. The van der Waals surface area contributed by atoms with Gasteiger partial charge in [-0.2, -0.15) is 0 Å². The van der Waals surface area contributed by atoms with Crippen LogP contribution >= 0.6 is 0 Å². The van der Waals surface area contributed by atoms with Gasteiger partial charge >= 0.3 is 0 Å². The van der Waals surface area contributed by atoms with E-state index in [1.807, 2.05) is 36.4 Å². The number of pyridine rings is 1. The maximum Gasteiger partial charge on any atom is 0.150 e. The topological polar surface area (TPSA) is 65.5 Å². The smallest absolute Gasteiger partial charge is 0.150 e. The summed E-state index contributed by atoms with van der Waals surface area (Å²) in [4.78, 5) is 4.76. The van der Waals surface area contributed by atoms with Gasteiger partial charge in [-0.15, -0.1) is 0 Å².